The third-order valence-electron chi connectivity index (χ3n) is 3.16. The molecule has 1 amide bonds. The van der Waals surface area contributed by atoms with Crippen LogP contribution in [0.3, 0.4) is 0 Å². The summed E-state index contributed by atoms with van der Waals surface area (Å²) < 4.78 is 3.29. The van der Waals surface area contributed by atoms with Gasteiger partial charge in [-0.25, -0.2) is 14.5 Å². The molecule has 2 N–H and O–H groups in total. The van der Waals surface area contributed by atoms with Crippen LogP contribution in [0.25, 0.3) is 11.5 Å². The van der Waals surface area contributed by atoms with Crippen molar-refractivity contribution in [2.24, 2.45) is 0 Å². The van der Waals surface area contributed by atoms with Gasteiger partial charge >= 0.3 is 0 Å². The summed E-state index contributed by atoms with van der Waals surface area (Å²) in [4.78, 5) is 20.4. The Morgan fingerprint density at radius 2 is 2.21 bits per heavy atom. The van der Waals surface area contributed by atoms with Crippen molar-refractivity contribution in [2.75, 3.05) is 5.32 Å². The van der Waals surface area contributed by atoms with Crippen LogP contribution in [0.4, 0.5) is 5.82 Å². The van der Waals surface area contributed by atoms with E-state index in [1.165, 1.54) is 16.7 Å². The quantitative estimate of drug-likeness (QED) is 0.425. The van der Waals surface area contributed by atoms with Gasteiger partial charge in [-0.15, -0.1) is 5.10 Å². The lowest BCUT2D eigenvalue weighted by Gasteiger charge is -2.04. The largest absolute Gasteiger partial charge is 0.508 e. The lowest BCUT2D eigenvalue weighted by molar-refractivity contribution is -0.112. The van der Waals surface area contributed by atoms with Crippen molar-refractivity contribution < 1.29 is 9.90 Å². The summed E-state index contributed by atoms with van der Waals surface area (Å²) in [5.41, 5.74) is 0.570. The summed E-state index contributed by atoms with van der Waals surface area (Å²) in [6, 6.07) is 3.55. The Morgan fingerprint density at radius 3 is 2.88 bits per heavy atom. The predicted molar refractivity (Wildman–Crippen MR) is 88.8 cm³/mol. The second-order valence-corrected chi connectivity index (χ2v) is 4.81. The fraction of sp³-hybridized carbons (Fsp3) is 0. The molecule has 0 aromatic carbocycles. The van der Waals surface area contributed by atoms with Crippen molar-refractivity contribution in [3.05, 3.63) is 73.7 Å². The SMILES string of the molecule is C=C/C=C(\C(=C)O)C(=O)Nc1cn2nc(-n3ccnc3)ccc2n1. The van der Waals surface area contributed by atoms with Crippen LogP contribution in [0, 0.1) is 0 Å². The number of anilines is 1. The summed E-state index contributed by atoms with van der Waals surface area (Å²) in [6.07, 6.45) is 9.38. The Labute approximate surface area is 137 Å². The Morgan fingerprint density at radius 1 is 1.38 bits per heavy atom. The Balaban J connectivity index is 1.88. The second-order valence-electron chi connectivity index (χ2n) is 4.81. The van der Waals surface area contributed by atoms with Gasteiger partial charge in [0.15, 0.2) is 17.3 Å². The standard InChI is InChI=1S/C16H14N6O2/c1-3-4-12(11(2)23)16(24)19-13-9-22-14(18-13)5-6-15(20-22)21-8-7-17-10-21/h3-10,23H,1-2H2,(H,19,24)/b12-4+. The molecule has 0 bridgehead atoms. The minimum atomic E-state index is -0.541. The van der Waals surface area contributed by atoms with Gasteiger partial charge in [-0.05, 0) is 18.2 Å². The molecule has 0 atom stereocenters. The Hall–Kier alpha value is -3.68. The van der Waals surface area contributed by atoms with Crippen LogP contribution in [-0.4, -0.2) is 35.2 Å². The first-order chi connectivity index (χ1) is 11.6. The van der Waals surface area contributed by atoms with E-state index in [2.05, 4.69) is 33.5 Å². The van der Waals surface area contributed by atoms with E-state index >= 15 is 0 Å². The molecule has 8 nitrogen and oxygen atoms in total. The lowest BCUT2D eigenvalue weighted by atomic mass is 10.2. The number of carbonyl (C=O) groups excluding carboxylic acids is 1. The van der Waals surface area contributed by atoms with Gasteiger partial charge in [-0.2, -0.15) is 0 Å². The number of hydrogen-bond acceptors (Lipinski definition) is 5. The molecule has 0 radical (unpaired) electrons. The number of hydrogen-bond donors (Lipinski definition) is 2. The molecule has 3 aromatic rings. The number of rotatable bonds is 5. The van der Waals surface area contributed by atoms with Crippen LogP contribution >= 0.6 is 0 Å². The summed E-state index contributed by atoms with van der Waals surface area (Å²) in [5.74, 6) is 0.0649. The zero-order valence-corrected chi connectivity index (χ0v) is 12.6. The summed E-state index contributed by atoms with van der Waals surface area (Å²) in [5, 5.41) is 16.4. The van der Waals surface area contributed by atoms with Crippen LogP contribution in [0.2, 0.25) is 0 Å². The third kappa shape index (κ3) is 2.93. The molecule has 0 unspecified atom stereocenters. The second kappa shape index (κ2) is 6.21. The molecule has 3 heterocycles. The van der Waals surface area contributed by atoms with Crippen molar-refractivity contribution >= 4 is 17.4 Å². The third-order valence-corrected chi connectivity index (χ3v) is 3.16. The molecule has 3 aromatic heterocycles. The maximum Gasteiger partial charge on any atom is 0.260 e. The van der Waals surface area contributed by atoms with Gasteiger partial charge < -0.3 is 10.4 Å². The van der Waals surface area contributed by atoms with Crippen molar-refractivity contribution in [1.29, 1.82) is 0 Å². The molecule has 0 aliphatic carbocycles. The molecule has 0 fully saturated rings. The Kier molecular flexibility index (Phi) is 3.94. The van der Waals surface area contributed by atoms with E-state index < -0.39 is 5.91 Å². The molecule has 3 rings (SSSR count). The van der Waals surface area contributed by atoms with Crippen LogP contribution in [0.15, 0.2) is 73.7 Å². The molecule has 24 heavy (non-hydrogen) atoms. The monoisotopic (exact) mass is 322 g/mol. The number of carbonyl (C=O) groups is 1. The molecule has 0 spiro atoms. The van der Waals surface area contributed by atoms with Gasteiger partial charge in [0, 0.05) is 12.4 Å². The van der Waals surface area contributed by atoms with Crippen LogP contribution in [-0.2, 0) is 4.79 Å². The molecule has 0 saturated heterocycles. The average Bonchev–Trinajstić information content (AvgIpc) is 3.20. The van der Waals surface area contributed by atoms with Gasteiger partial charge in [-0.3, -0.25) is 9.36 Å². The molecular formula is C16H14N6O2. The maximum atomic E-state index is 12.1. The zero-order chi connectivity index (χ0) is 17.1. The fourth-order valence-corrected chi connectivity index (χ4v) is 2.07. The highest BCUT2D eigenvalue weighted by Crippen LogP contribution is 2.13. The number of allylic oxidation sites excluding steroid dienone is 2. The van der Waals surface area contributed by atoms with E-state index in [4.69, 9.17) is 0 Å². The number of aromatic nitrogens is 5. The van der Waals surface area contributed by atoms with Crippen molar-refractivity contribution in [3.8, 4) is 5.82 Å². The normalized spacial score (nSPS) is 11.4. The topological polar surface area (TPSA) is 97.3 Å². The van der Waals surface area contributed by atoms with Crippen LogP contribution in [0.5, 0.6) is 0 Å². The highest BCUT2D eigenvalue weighted by atomic mass is 16.3. The molecule has 8 heteroatoms. The minimum Gasteiger partial charge on any atom is -0.508 e. The number of amides is 1. The lowest BCUT2D eigenvalue weighted by Crippen LogP contribution is -2.15. The van der Waals surface area contributed by atoms with E-state index in [-0.39, 0.29) is 11.3 Å². The Bertz CT molecular complexity index is 952. The first-order valence-electron chi connectivity index (χ1n) is 6.95. The van der Waals surface area contributed by atoms with Crippen molar-refractivity contribution in [1.82, 2.24) is 24.1 Å². The van der Waals surface area contributed by atoms with E-state index in [0.29, 0.717) is 17.3 Å². The molecular weight excluding hydrogens is 308 g/mol. The van der Waals surface area contributed by atoms with Gasteiger partial charge in [0.25, 0.3) is 5.91 Å². The summed E-state index contributed by atoms with van der Waals surface area (Å²) in [7, 11) is 0. The van der Waals surface area contributed by atoms with E-state index in [1.807, 2.05) is 0 Å². The van der Waals surface area contributed by atoms with E-state index in [0.717, 1.165) is 0 Å². The van der Waals surface area contributed by atoms with Gasteiger partial charge in [0.1, 0.15) is 12.1 Å². The number of imidazole rings is 2. The molecule has 0 aliphatic heterocycles. The van der Waals surface area contributed by atoms with E-state index in [1.54, 1.807) is 41.6 Å². The molecule has 0 saturated carbocycles. The number of aliphatic hydroxyl groups excluding tert-OH is 1. The highest BCUT2D eigenvalue weighted by molar-refractivity contribution is 6.06. The van der Waals surface area contributed by atoms with Crippen molar-refractivity contribution in [3.63, 3.8) is 0 Å². The number of nitrogens with one attached hydrogen (secondary N) is 1. The van der Waals surface area contributed by atoms with Gasteiger partial charge in [0.2, 0.25) is 0 Å². The number of aliphatic hydroxyl groups is 1. The van der Waals surface area contributed by atoms with Crippen LogP contribution < -0.4 is 5.32 Å². The van der Waals surface area contributed by atoms with Crippen LogP contribution in [0.1, 0.15) is 0 Å². The summed E-state index contributed by atoms with van der Waals surface area (Å²) >= 11 is 0. The first kappa shape index (κ1) is 15.2. The smallest absolute Gasteiger partial charge is 0.260 e. The number of fused-ring (bicyclic) bond motifs is 1. The maximum absolute atomic E-state index is 12.1. The van der Waals surface area contributed by atoms with E-state index in [9.17, 15) is 9.90 Å². The minimum absolute atomic E-state index is 0.00844. The van der Waals surface area contributed by atoms with Gasteiger partial charge in [-0.1, -0.05) is 19.2 Å². The number of nitrogens with zero attached hydrogens (tertiary/aromatic N) is 5. The predicted octanol–water partition coefficient (Wildman–Crippen LogP) is 2.04. The zero-order valence-electron chi connectivity index (χ0n) is 12.6. The first-order valence-corrected chi connectivity index (χ1v) is 6.95. The molecule has 0 aliphatic rings. The molecule has 120 valence electrons. The van der Waals surface area contributed by atoms with Crippen molar-refractivity contribution in [2.45, 2.75) is 0 Å². The summed E-state index contributed by atoms with van der Waals surface area (Å²) in [6.45, 7) is 6.85. The van der Waals surface area contributed by atoms with Gasteiger partial charge in [0.05, 0.1) is 11.8 Å². The highest BCUT2D eigenvalue weighted by Gasteiger charge is 2.14. The average molecular weight is 322 g/mol. The fourth-order valence-electron chi connectivity index (χ4n) is 2.07.